The summed E-state index contributed by atoms with van der Waals surface area (Å²) in [5.41, 5.74) is 4.93. The van der Waals surface area contributed by atoms with E-state index in [0.29, 0.717) is 0 Å². The molecule has 0 saturated heterocycles. The second-order valence-corrected chi connectivity index (χ2v) is 2.29. The fourth-order valence-electron chi connectivity index (χ4n) is 0.796. The van der Waals surface area contributed by atoms with E-state index in [4.69, 9.17) is 10.8 Å². The molecule has 0 bridgehead atoms. The van der Waals surface area contributed by atoms with Gasteiger partial charge in [0.1, 0.15) is 0 Å². The van der Waals surface area contributed by atoms with Gasteiger partial charge in [-0.05, 0) is 12.2 Å². The molecule has 0 atom stereocenters. The van der Waals surface area contributed by atoms with Crippen molar-refractivity contribution in [3.63, 3.8) is 0 Å². The second-order valence-electron chi connectivity index (χ2n) is 2.29. The van der Waals surface area contributed by atoms with Crippen LogP contribution in [0.4, 0.5) is 4.79 Å². The summed E-state index contributed by atoms with van der Waals surface area (Å²) >= 11 is 0. The first-order valence-electron chi connectivity index (χ1n) is 3.28. The molecule has 1 aliphatic heterocycles. The maximum atomic E-state index is 10.5. The highest BCUT2D eigenvalue weighted by molar-refractivity contribution is 5.78. The molecule has 64 valence electrons. The van der Waals surface area contributed by atoms with E-state index in [1.807, 2.05) is 0 Å². The van der Waals surface area contributed by atoms with E-state index in [2.05, 4.69) is 0 Å². The molecule has 1 heterocycles. The number of hydrogen-bond donors (Lipinski definition) is 2. The van der Waals surface area contributed by atoms with Crippen LogP contribution in [-0.4, -0.2) is 22.0 Å². The van der Waals surface area contributed by atoms with Gasteiger partial charge < -0.3 is 10.8 Å². The summed E-state index contributed by atoms with van der Waals surface area (Å²) in [6.07, 6.45) is 5.43. The van der Waals surface area contributed by atoms with Crippen LogP contribution in [0.15, 0.2) is 24.6 Å². The highest BCUT2D eigenvalue weighted by Crippen LogP contribution is 2.09. The SMILES string of the molecule is NC(=O)N1C=CC(C(=O)O)C=C1. The van der Waals surface area contributed by atoms with E-state index in [1.165, 1.54) is 24.6 Å². The molecule has 12 heavy (non-hydrogen) atoms. The van der Waals surface area contributed by atoms with Gasteiger partial charge in [0.15, 0.2) is 0 Å². The van der Waals surface area contributed by atoms with Crippen LogP contribution in [0.1, 0.15) is 0 Å². The molecule has 2 amide bonds. The Hall–Kier alpha value is -1.78. The van der Waals surface area contributed by atoms with E-state index in [0.717, 1.165) is 4.90 Å². The fraction of sp³-hybridized carbons (Fsp3) is 0.143. The number of carboxylic acids is 1. The molecule has 3 N–H and O–H groups in total. The van der Waals surface area contributed by atoms with Gasteiger partial charge in [0.25, 0.3) is 0 Å². The van der Waals surface area contributed by atoms with Gasteiger partial charge in [-0.15, -0.1) is 0 Å². The smallest absolute Gasteiger partial charge is 0.322 e. The average Bonchev–Trinajstić information content (AvgIpc) is 2.04. The lowest BCUT2D eigenvalue weighted by molar-refractivity contribution is -0.138. The first-order valence-corrected chi connectivity index (χ1v) is 3.28. The van der Waals surface area contributed by atoms with E-state index < -0.39 is 17.9 Å². The van der Waals surface area contributed by atoms with Crippen molar-refractivity contribution in [3.8, 4) is 0 Å². The van der Waals surface area contributed by atoms with Gasteiger partial charge in [0.2, 0.25) is 0 Å². The van der Waals surface area contributed by atoms with Gasteiger partial charge >= 0.3 is 12.0 Å². The second kappa shape index (κ2) is 3.08. The van der Waals surface area contributed by atoms with Crippen molar-refractivity contribution < 1.29 is 14.7 Å². The maximum Gasteiger partial charge on any atom is 0.322 e. The quantitative estimate of drug-likeness (QED) is 0.582. The van der Waals surface area contributed by atoms with Crippen LogP contribution in [0.3, 0.4) is 0 Å². The summed E-state index contributed by atoms with van der Waals surface area (Å²) in [6, 6.07) is -0.633. The minimum Gasteiger partial charge on any atom is -0.481 e. The van der Waals surface area contributed by atoms with Crippen molar-refractivity contribution in [2.45, 2.75) is 0 Å². The van der Waals surface area contributed by atoms with Crippen LogP contribution >= 0.6 is 0 Å². The molecule has 5 nitrogen and oxygen atoms in total. The first kappa shape index (κ1) is 8.32. The topological polar surface area (TPSA) is 83.6 Å². The predicted octanol–water partition coefficient (Wildman–Crippen LogP) is 0.109. The summed E-state index contributed by atoms with van der Waals surface area (Å²) in [6.45, 7) is 0. The Morgan fingerprint density at radius 1 is 1.33 bits per heavy atom. The largest absolute Gasteiger partial charge is 0.481 e. The number of aliphatic carboxylic acids is 1. The van der Waals surface area contributed by atoms with Gasteiger partial charge in [0.05, 0.1) is 5.92 Å². The standard InChI is InChI=1S/C7H8N2O3/c8-7(12)9-3-1-5(2-4-9)6(10)11/h1-5H,(H2,8,12)(H,10,11). The van der Waals surface area contributed by atoms with Crippen LogP contribution in [0, 0.1) is 5.92 Å². The predicted molar refractivity (Wildman–Crippen MR) is 40.8 cm³/mol. The van der Waals surface area contributed by atoms with Crippen molar-refractivity contribution in [1.82, 2.24) is 4.90 Å². The molecule has 0 aromatic heterocycles. The summed E-state index contributed by atoms with van der Waals surface area (Å²) in [4.78, 5) is 22.0. The number of carbonyl (C=O) groups is 2. The van der Waals surface area contributed by atoms with Crippen LogP contribution in [-0.2, 0) is 4.79 Å². The lowest BCUT2D eigenvalue weighted by atomic mass is 10.1. The first-order chi connectivity index (χ1) is 5.61. The summed E-state index contributed by atoms with van der Waals surface area (Å²) in [7, 11) is 0. The fourth-order valence-corrected chi connectivity index (χ4v) is 0.796. The molecule has 1 aliphatic rings. The Labute approximate surface area is 68.8 Å². The highest BCUT2D eigenvalue weighted by atomic mass is 16.4. The third-order valence-electron chi connectivity index (χ3n) is 1.45. The number of urea groups is 1. The molecule has 0 radical (unpaired) electrons. The highest BCUT2D eigenvalue weighted by Gasteiger charge is 2.15. The zero-order chi connectivity index (χ0) is 9.14. The molecular weight excluding hydrogens is 160 g/mol. The third kappa shape index (κ3) is 1.63. The van der Waals surface area contributed by atoms with E-state index in [1.54, 1.807) is 0 Å². The zero-order valence-corrected chi connectivity index (χ0v) is 6.18. The van der Waals surface area contributed by atoms with Crippen LogP contribution < -0.4 is 5.73 Å². The minimum atomic E-state index is -0.952. The van der Waals surface area contributed by atoms with E-state index in [9.17, 15) is 9.59 Å². The number of amides is 2. The lowest BCUT2D eigenvalue weighted by Gasteiger charge is -2.15. The number of nitrogens with zero attached hydrogens (tertiary/aromatic N) is 1. The monoisotopic (exact) mass is 168 g/mol. The van der Waals surface area contributed by atoms with Crippen LogP contribution in [0.2, 0.25) is 0 Å². The van der Waals surface area contributed by atoms with Crippen molar-refractivity contribution in [2.75, 3.05) is 0 Å². The van der Waals surface area contributed by atoms with Gasteiger partial charge in [-0.3, -0.25) is 9.69 Å². The number of rotatable bonds is 1. The normalized spacial score (nSPS) is 16.5. The van der Waals surface area contributed by atoms with Crippen molar-refractivity contribution in [3.05, 3.63) is 24.6 Å². The molecule has 5 heteroatoms. The van der Waals surface area contributed by atoms with E-state index >= 15 is 0 Å². The summed E-state index contributed by atoms with van der Waals surface area (Å²) in [5, 5.41) is 8.53. The zero-order valence-electron chi connectivity index (χ0n) is 6.18. The molecule has 1 rings (SSSR count). The van der Waals surface area contributed by atoms with Crippen molar-refractivity contribution in [1.29, 1.82) is 0 Å². The van der Waals surface area contributed by atoms with Gasteiger partial charge in [-0.2, -0.15) is 0 Å². The molecular formula is C7H8N2O3. The van der Waals surface area contributed by atoms with Gasteiger partial charge in [0, 0.05) is 12.4 Å². The minimum absolute atomic E-state index is 0.633. The Morgan fingerprint density at radius 3 is 2.17 bits per heavy atom. The molecule has 0 aliphatic carbocycles. The Balaban J connectivity index is 2.66. The molecule has 0 spiro atoms. The average molecular weight is 168 g/mol. The van der Waals surface area contributed by atoms with Crippen molar-refractivity contribution >= 4 is 12.0 Å². The Morgan fingerprint density at radius 2 is 1.83 bits per heavy atom. The van der Waals surface area contributed by atoms with Crippen molar-refractivity contribution in [2.24, 2.45) is 11.7 Å². The number of carboxylic acid groups (broad SMARTS) is 1. The molecule has 0 unspecified atom stereocenters. The lowest BCUT2D eigenvalue weighted by Crippen LogP contribution is -2.29. The Bertz CT molecular complexity index is 230. The van der Waals surface area contributed by atoms with Gasteiger partial charge in [-0.1, -0.05) is 0 Å². The summed E-state index contributed by atoms with van der Waals surface area (Å²) < 4.78 is 0. The van der Waals surface area contributed by atoms with Gasteiger partial charge in [-0.25, -0.2) is 4.79 Å². The molecule has 0 aromatic carbocycles. The maximum absolute atomic E-state index is 10.5. The Kier molecular flexibility index (Phi) is 2.14. The molecule has 0 aromatic rings. The third-order valence-corrected chi connectivity index (χ3v) is 1.45. The molecule has 0 saturated carbocycles. The molecule has 0 fully saturated rings. The van der Waals surface area contributed by atoms with E-state index in [-0.39, 0.29) is 0 Å². The van der Waals surface area contributed by atoms with Crippen LogP contribution in [0.25, 0.3) is 0 Å². The number of nitrogens with two attached hydrogens (primary N) is 1. The number of primary amides is 1. The number of hydrogen-bond acceptors (Lipinski definition) is 2. The van der Waals surface area contributed by atoms with Crippen LogP contribution in [0.5, 0.6) is 0 Å². The number of carbonyl (C=O) groups excluding carboxylic acids is 1. The summed E-state index contributed by atoms with van der Waals surface area (Å²) in [5.74, 6) is -1.62.